The molecular formula is C13H22N4O. The molecule has 2 rings (SSSR count). The molecule has 2 N–H and O–H groups in total. The van der Waals surface area contributed by atoms with E-state index < -0.39 is 0 Å². The number of ether oxygens (including phenoxy) is 1. The van der Waals surface area contributed by atoms with Crippen LogP contribution in [-0.2, 0) is 0 Å². The highest BCUT2D eigenvalue weighted by molar-refractivity contribution is 5.47. The van der Waals surface area contributed by atoms with Crippen molar-refractivity contribution in [2.75, 3.05) is 31.6 Å². The average Bonchev–Trinajstić information content (AvgIpc) is 2.41. The molecule has 1 saturated heterocycles. The minimum absolute atomic E-state index is 0.631. The second-order valence-corrected chi connectivity index (χ2v) is 4.66. The van der Waals surface area contributed by atoms with Gasteiger partial charge < -0.3 is 15.4 Å². The summed E-state index contributed by atoms with van der Waals surface area (Å²) in [5, 5.41) is 6.80. The Balaban J connectivity index is 1.93. The van der Waals surface area contributed by atoms with E-state index in [4.69, 9.17) is 4.74 Å². The largest absolute Gasteiger partial charge is 0.478 e. The number of aromatic nitrogens is 2. The van der Waals surface area contributed by atoms with Crippen molar-refractivity contribution in [3.05, 3.63) is 11.9 Å². The molecule has 0 unspecified atom stereocenters. The van der Waals surface area contributed by atoms with Gasteiger partial charge in [0.05, 0.1) is 12.2 Å². The van der Waals surface area contributed by atoms with Gasteiger partial charge in [-0.25, -0.2) is 9.97 Å². The number of anilines is 1. The van der Waals surface area contributed by atoms with E-state index in [1.165, 1.54) is 12.8 Å². The van der Waals surface area contributed by atoms with Crippen LogP contribution in [0.15, 0.2) is 6.33 Å². The van der Waals surface area contributed by atoms with Crippen molar-refractivity contribution in [3.8, 4) is 5.88 Å². The van der Waals surface area contributed by atoms with E-state index in [1.54, 1.807) is 6.33 Å². The molecule has 0 bridgehead atoms. The monoisotopic (exact) mass is 250 g/mol. The van der Waals surface area contributed by atoms with Gasteiger partial charge in [-0.15, -0.1) is 0 Å². The predicted molar refractivity (Wildman–Crippen MR) is 72.0 cm³/mol. The summed E-state index contributed by atoms with van der Waals surface area (Å²) in [6, 6.07) is 0. The van der Waals surface area contributed by atoms with Gasteiger partial charge in [-0.2, -0.15) is 0 Å². The Morgan fingerprint density at radius 2 is 2.17 bits per heavy atom. The van der Waals surface area contributed by atoms with E-state index in [9.17, 15) is 0 Å². The molecule has 5 nitrogen and oxygen atoms in total. The maximum Gasteiger partial charge on any atom is 0.221 e. The first-order valence-electron chi connectivity index (χ1n) is 6.70. The molecule has 0 spiro atoms. The Morgan fingerprint density at radius 1 is 1.39 bits per heavy atom. The van der Waals surface area contributed by atoms with Crippen molar-refractivity contribution >= 4 is 5.82 Å². The maximum absolute atomic E-state index is 5.47. The van der Waals surface area contributed by atoms with Gasteiger partial charge in [0.2, 0.25) is 5.88 Å². The molecule has 0 saturated carbocycles. The van der Waals surface area contributed by atoms with E-state index in [0.29, 0.717) is 12.5 Å². The molecule has 1 aliphatic heterocycles. The molecule has 100 valence electrons. The van der Waals surface area contributed by atoms with E-state index >= 15 is 0 Å². The molecule has 0 aliphatic carbocycles. The van der Waals surface area contributed by atoms with Crippen molar-refractivity contribution in [2.24, 2.45) is 5.92 Å². The molecule has 0 aromatic carbocycles. The Bertz CT molecular complexity index is 377. The minimum Gasteiger partial charge on any atom is -0.478 e. The van der Waals surface area contributed by atoms with Crippen LogP contribution in [0.2, 0.25) is 0 Å². The van der Waals surface area contributed by atoms with Gasteiger partial charge in [-0.1, -0.05) is 0 Å². The lowest BCUT2D eigenvalue weighted by molar-refractivity contribution is 0.323. The van der Waals surface area contributed by atoms with Gasteiger partial charge in [0.15, 0.2) is 0 Å². The van der Waals surface area contributed by atoms with Crippen molar-refractivity contribution in [1.29, 1.82) is 0 Å². The van der Waals surface area contributed by atoms with Crippen LogP contribution in [0.5, 0.6) is 5.88 Å². The third-order valence-corrected chi connectivity index (χ3v) is 3.34. The van der Waals surface area contributed by atoms with Crippen LogP contribution in [0.3, 0.4) is 0 Å². The zero-order chi connectivity index (χ0) is 12.8. The van der Waals surface area contributed by atoms with Gasteiger partial charge in [-0.05, 0) is 45.7 Å². The SMILES string of the molecule is CCOc1ncnc(NCC2CCNCC2)c1C. The minimum atomic E-state index is 0.631. The molecule has 1 aromatic rings. The number of hydrogen-bond acceptors (Lipinski definition) is 5. The van der Waals surface area contributed by atoms with Crippen LogP contribution in [0.25, 0.3) is 0 Å². The average molecular weight is 250 g/mol. The van der Waals surface area contributed by atoms with E-state index in [0.717, 1.165) is 36.9 Å². The fraction of sp³-hybridized carbons (Fsp3) is 0.692. The van der Waals surface area contributed by atoms with Gasteiger partial charge >= 0.3 is 0 Å². The summed E-state index contributed by atoms with van der Waals surface area (Å²) in [6.07, 6.45) is 4.02. The van der Waals surface area contributed by atoms with Gasteiger partial charge in [0.25, 0.3) is 0 Å². The highest BCUT2D eigenvalue weighted by Gasteiger charge is 2.14. The zero-order valence-electron chi connectivity index (χ0n) is 11.2. The number of rotatable bonds is 5. The highest BCUT2D eigenvalue weighted by atomic mass is 16.5. The Morgan fingerprint density at radius 3 is 2.89 bits per heavy atom. The summed E-state index contributed by atoms with van der Waals surface area (Å²) in [7, 11) is 0. The van der Waals surface area contributed by atoms with Crippen LogP contribution in [-0.4, -0.2) is 36.2 Å². The normalized spacial score (nSPS) is 16.6. The first kappa shape index (κ1) is 13.1. The Labute approximate surface area is 108 Å². The summed E-state index contributed by atoms with van der Waals surface area (Å²) in [5.41, 5.74) is 0.994. The highest BCUT2D eigenvalue weighted by Crippen LogP contribution is 2.21. The Hall–Kier alpha value is -1.36. The third-order valence-electron chi connectivity index (χ3n) is 3.34. The molecule has 1 aliphatic rings. The molecular weight excluding hydrogens is 228 g/mol. The second-order valence-electron chi connectivity index (χ2n) is 4.66. The molecule has 0 amide bonds. The quantitative estimate of drug-likeness (QED) is 0.831. The zero-order valence-corrected chi connectivity index (χ0v) is 11.2. The first-order valence-corrected chi connectivity index (χ1v) is 6.70. The van der Waals surface area contributed by atoms with Gasteiger partial charge in [0, 0.05) is 6.54 Å². The summed E-state index contributed by atoms with van der Waals surface area (Å²) >= 11 is 0. The topological polar surface area (TPSA) is 59.1 Å². The number of hydrogen-bond donors (Lipinski definition) is 2. The summed E-state index contributed by atoms with van der Waals surface area (Å²) in [6.45, 7) is 7.81. The van der Waals surface area contributed by atoms with Crippen LogP contribution < -0.4 is 15.4 Å². The fourth-order valence-electron chi connectivity index (χ4n) is 2.22. The smallest absolute Gasteiger partial charge is 0.221 e. The van der Waals surface area contributed by atoms with Crippen molar-refractivity contribution < 1.29 is 4.74 Å². The molecule has 0 radical (unpaired) electrons. The van der Waals surface area contributed by atoms with Crippen molar-refractivity contribution in [3.63, 3.8) is 0 Å². The second kappa shape index (κ2) is 6.54. The fourth-order valence-corrected chi connectivity index (χ4v) is 2.22. The molecule has 18 heavy (non-hydrogen) atoms. The van der Waals surface area contributed by atoms with Gasteiger partial charge in [-0.3, -0.25) is 0 Å². The maximum atomic E-state index is 5.47. The summed E-state index contributed by atoms with van der Waals surface area (Å²) in [4.78, 5) is 8.43. The lowest BCUT2D eigenvalue weighted by Gasteiger charge is -2.23. The third kappa shape index (κ3) is 3.32. The van der Waals surface area contributed by atoms with Gasteiger partial charge in [0.1, 0.15) is 12.1 Å². The van der Waals surface area contributed by atoms with Crippen LogP contribution >= 0.6 is 0 Å². The van der Waals surface area contributed by atoms with Crippen molar-refractivity contribution in [1.82, 2.24) is 15.3 Å². The molecule has 2 heterocycles. The summed E-state index contributed by atoms with van der Waals surface area (Å²) < 4.78 is 5.47. The molecule has 1 aromatic heterocycles. The van der Waals surface area contributed by atoms with E-state index in [1.807, 2.05) is 13.8 Å². The predicted octanol–water partition coefficient (Wildman–Crippen LogP) is 1.60. The molecule has 0 atom stereocenters. The number of nitrogens with one attached hydrogen (secondary N) is 2. The first-order chi connectivity index (χ1) is 8.81. The van der Waals surface area contributed by atoms with E-state index in [-0.39, 0.29) is 0 Å². The lowest BCUT2D eigenvalue weighted by atomic mass is 9.98. The Kier molecular flexibility index (Phi) is 4.75. The lowest BCUT2D eigenvalue weighted by Crippen LogP contribution is -2.31. The van der Waals surface area contributed by atoms with Crippen LogP contribution in [0.1, 0.15) is 25.3 Å². The summed E-state index contributed by atoms with van der Waals surface area (Å²) in [5.74, 6) is 2.31. The number of piperidine rings is 1. The standard InChI is InChI=1S/C13H22N4O/c1-3-18-13-10(2)12(16-9-17-13)15-8-11-4-6-14-7-5-11/h9,11,14H,3-8H2,1-2H3,(H,15,16,17). The van der Waals surface area contributed by atoms with Crippen molar-refractivity contribution in [2.45, 2.75) is 26.7 Å². The van der Waals surface area contributed by atoms with Crippen LogP contribution in [0.4, 0.5) is 5.82 Å². The molecule has 1 fully saturated rings. The van der Waals surface area contributed by atoms with E-state index in [2.05, 4.69) is 20.6 Å². The van der Waals surface area contributed by atoms with Crippen LogP contribution in [0, 0.1) is 12.8 Å². The molecule has 5 heteroatoms. The number of nitrogens with zero attached hydrogens (tertiary/aromatic N) is 2.